The molecule has 1 rings (SSSR count). The molecule has 0 atom stereocenters. The van der Waals surface area contributed by atoms with Crippen molar-refractivity contribution in [1.29, 1.82) is 0 Å². The van der Waals surface area contributed by atoms with Crippen LogP contribution in [0.25, 0.3) is 0 Å². The molecule has 0 saturated carbocycles. The summed E-state index contributed by atoms with van der Waals surface area (Å²) in [6.45, 7) is 1.71. The van der Waals surface area contributed by atoms with E-state index in [1.165, 1.54) is 5.56 Å². The van der Waals surface area contributed by atoms with Crippen molar-refractivity contribution in [3.05, 3.63) is 29.8 Å². The first-order valence-corrected chi connectivity index (χ1v) is 10.4. The summed E-state index contributed by atoms with van der Waals surface area (Å²) in [6, 6.07) is 8.10. The largest absolute Gasteiger partial charge is 0.496 e. The summed E-state index contributed by atoms with van der Waals surface area (Å²) >= 11 is 0. The lowest BCUT2D eigenvalue weighted by atomic mass is 10.1. The number of ether oxygens (including phenoxy) is 1. The Hall–Kier alpha value is -0.760. The second-order valence-electron chi connectivity index (χ2n) is 4.98. The first-order chi connectivity index (χ1) is 10.5. The molecule has 0 saturated heterocycles. The van der Waals surface area contributed by atoms with Gasteiger partial charge in [-0.2, -0.15) is 8.42 Å². The topological polar surface area (TPSA) is 75.6 Å². The minimum absolute atomic E-state index is 0.416. The standard InChI is InChI=1S/C15H25NO4S2/c1-20-15-10-5-4-9-14(15)8-3-2-6-11-16-12-7-13-21-22(17,18)19/h4-5,9-10,16H,2-3,6-8,11-13H2,1H3,(H,17,18,19). The Morgan fingerprint density at radius 3 is 2.59 bits per heavy atom. The van der Waals surface area contributed by atoms with Gasteiger partial charge in [-0.1, -0.05) is 24.6 Å². The van der Waals surface area contributed by atoms with Crippen LogP contribution in [0.3, 0.4) is 0 Å². The molecule has 22 heavy (non-hydrogen) atoms. The average Bonchev–Trinajstić information content (AvgIpc) is 2.48. The van der Waals surface area contributed by atoms with Crippen LogP contribution < -0.4 is 10.1 Å². The highest BCUT2D eigenvalue weighted by atomic mass is 33.1. The molecule has 5 nitrogen and oxygen atoms in total. The fourth-order valence-electron chi connectivity index (χ4n) is 2.14. The van der Waals surface area contributed by atoms with E-state index in [0.717, 1.165) is 50.9 Å². The van der Waals surface area contributed by atoms with E-state index in [0.29, 0.717) is 16.5 Å². The van der Waals surface area contributed by atoms with Gasteiger partial charge in [0.2, 0.25) is 0 Å². The van der Waals surface area contributed by atoms with Crippen LogP contribution in [0.2, 0.25) is 0 Å². The van der Waals surface area contributed by atoms with Gasteiger partial charge in [0, 0.05) is 5.75 Å². The van der Waals surface area contributed by atoms with Crippen molar-refractivity contribution in [3.63, 3.8) is 0 Å². The molecule has 2 N–H and O–H groups in total. The first-order valence-electron chi connectivity index (χ1n) is 7.47. The van der Waals surface area contributed by atoms with Crippen LogP contribution in [0, 0.1) is 0 Å². The van der Waals surface area contributed by atoms with Gasteiger partial charge in [0.25, 0.3) is 0 Å². The molecule has 7 heteroatoms. The lowest BCUT2D eigenvalue weighted by Gasteiger charge is -2.08. The number of aryl methyl sites for hydroxylation is 1. The zero-order valence-electron chi connectivity index (χ0n) is 13.0. The predicted octanol–water partition coefficient (Wildman–Crippen LogP) is 2.92. The molecule has 1 aromatic carbocycles. The molecule has 0 amide bonds. The van der Waals surface area contributed by atoms with Crippen molar-refractivity contribution in [1.82, 2.24) is 5.32 Å². The summed E-state index contributed by atoms with van der Waals surface area (Å²) in [7, 11) is -1.60. The third-order valence-corrected chi connectivity index (χ3v) is 5.37. The number of hydrogen-bond acceptors (Lipinski definition) is 5. The van der Waals surface area contributed by atoms with Gasteiger partial charge in [-0.3, -0.25) is 4.55 Å². The molecule has 0 aliphatic carbocycles. The van der Waals surface area contributed by atoms with Crippen LogP contribution in [0.4, 0.5) is 0 Å². The molecule has 0 radical (unpaired) electrons. The van der Waals surface area contributed by atoms with Gasteiger partial charge in [-0.05, 0) is 61.2 Å². The zero-order valence-corrected chi connectivity index (χ0v) is 14.6. The SMILES string of the molecule is COc1ccccc1CCCCCNCCCSS(=O)(=O)O. The van der Waals surface area contributed by atoms with Crippen LogP contribution in [-0.2, 0) is 15.6 Å². The van der Waals surface area contributed by atoms with Gasteiger partial charge in [0.1, 0.15) is 5.75 Å². The molecular weight excluding hydrogens is 322 g/mol. The van der Waals surface area contributed by atoms with Crippen LogP contribution in [0.15, 0.2) is 24.3 Å². The average molecular weight is 348 g/mol. The lowest BCUT2D eigenvalue weighted by Crippen LogP contribution is -2.17. The van der Waals surface area contributed by atoms with Crippen molar-refractivity contribution >= 4 is 19.9 Å². The second-order valence-corrected chi connectivity index (χ2v) is 8.45. The Kier molecular flexibility index (Phi) is 9.54. The second kappa shape index (κ2) is 10.9. The lowest BCUT2D eigenvalue weighted by molar-refractivity contribution is 0.408. The summed E-state index contributed by atoms with van der Waals surface area (Å²) in [5.41, 5.74) is 1.25. The smallest absolute Gasteiger partial charge is 0.319 e. The summed E-state index contributed by atoms with van der Waals surface area (Å²) in [6.07, 6.45) is 5.12. The summed E-state index contributed by atoms with van der Waals surface area (Å²) in [5, 5.41) is 3.28. The maximum absolute atomic E-state index is 10.5. The molecule has 0 heterocycles. The van der Waals surface area contributed by atoms with Crippen molar-refractivity contribution < 1.29 is 17.7 Å². The Morgan fingerprint density at radius 1 is 1.14 bits per heavy atom. The highest BCUT2D eigenvalue weighted by Crippen LogP contribution is 2.19. The van der Waals surface area contributed by atoms with E-state index in [2.05, 4.69) is 11.4 Å². The number of para-hydroxylation sites is 1. The van der Waals surface area contributed by atoms with Crippen molar-refractivity contribution in [2.45, 2.75) is 32.1 Å². The van der Waals surface area contributed by atoms with Gasteiger partial charge in [0.15, 0.2) is 0 Å². The summed E-state index contributed by atoms with van der Waals surface area (Å²) < 4.78 is 34.9. The molecule has 126 valence electrons. The molecular formula is C15H25NO4S2. The third kappa shape index (κ3) is 9.30. The summed E-state index contributed by atoms with van der Waals surface area (Å²) in [4.78, 5) is 0. The number of unbranched alkanes of at least 4 members (excludes halogenated alkanes) is 2. The van der Waals surface area contributed by atoms with Crippen LogP contribution in [0.1, 0.15) is 31.2 Å². The van der Waals surface area contributed by atoms with Gasteiger partial charge in [0.05, 0.1) is 7.11 Å². The molecule has 0 fully saturated rings. The van der Waals surface area contributed by atoms with E-state index in [1.807, 2.05) is 18.2 Å². The predicted molar refractivity (Wildman–Crippen MR) is 92.0 cm³/mol. The van der Waals surface area contributed by atoms with E-state index in [-0.39, 0.29) is 0 Å². The van der Waals surface area contributed by atoms with Crippen molar-refractivity contribution in [2.75, 3.05) is 26.0 Å². The fourth-order valence-corrected chi connectivity index (χ4v) is 3.60. The molecule has 0 unspecified atom stereocenters. The number of nitrogens with one attached hydrogen (secondary N) is 1. The number of methoxy groups -OCH3 is 1. The third-order valence-electron chi connectivity index (χ3n) is 3.22. The summed E-state index contributed by atoms with van der Waals surface area (Å²) in [5.74, 6) is 1.37. The number of rotatable bonds is 12. The Morgan fingerprint density at radius 2 is 1.86 bits per heavy atom. The molecule has 0 aromatic heterocycles. The highest BCUT2D eigenvalue weighted by molar-refractivity contribution is 8.69. The zero-order chi connectivity index (χ0) is 16.3. The van der Waals surface area contributed by atoms with Gasteiger partial charge >= 0.3 is 9.15 Å². The molecule has 0 bridgehead atoms. The normalized spacial score (nSPS) is 11.5. The minimum Gasteiger partial charge on any atom is -0.496 e. The van der Waals surface area contributed by atoms with E-state index >= 15 is 0 Å². The quantitative estimate of drug-likeness (QED) is 0.344. The Labute approximate surface area is 137 Å². The first kappa shape index (κ1) is 19.3. The van der Waals surface area contributed by atoms with Crippen molar-refractivity contribution in [3.8, 4) is 5.75 Å². The van der Waals surface area contributed by atoms with Crippen molar-refractivity contribution in [2.24, 2.45) is 0 Å². The number of benzene rings is 1. The van der Waals surface area contributed by atoms with Crippen LogP contribution in [0.5, 0.6) is 5.75 Å². The van der Waals surface area contributed by atoms with E-state index in [1.54, 1.807) is 7.11 Å². The molecule has 0 spiro atoms. The van der Waals surface area contributed by atoms with Crippen LogP contribution in [-0.4, -0.2) is 38.9 Å². The van der Waals surface area contributed by atoms with Gasteiger partial charge in [-0.15, -0.1) is 0 Å². The van der Waals surface area contributed by atoms with Gasteiger partial charge < -0.3 is 10.1 Å². The molecule has 1 aromatic rings. The Bertz CT molecular complexity index is 520. The maximum atomic E-state index is 10.5. The maximum Gasteiger partial charge on any atom is 0.319 e. The van der Waals surface area contributed by atoms with E-state index in [4.69, 9.17) is 9.29 Å². The Balaban J connectivity index is 1.98. The van der Waals surface area contributed by atoms with Crippen LogP contribution >= 0.6 is 10.8 Å². The fraction of sp³-hybridized carbons (Fsp3) is 0.600. The highest BCUT2D eigenvalue weighted by Gasteiger charge is 2.03. The minimum atomic E-state index is -3.88. The van der Waals surface area contributed by atoms with E-state index < -0.39 is 9.15 Å². The molecule has 0 aliphatic heterocycles. The molecule has 0 aliphatic rings. The van der Waals surface area contributed by atoms with E-state index in [9.17, 15) is 8.42 Å². The van der Waals surface area contributed by atoms with Gasteiger partial charge in [-0.25, -0.2) is 0 Å². The monoisotopic (exact) mass is 347 g/mol. The number of hydrogen-bond donors (Lipinski definition) is 2.